The van der Waals surface area contributed by atoms with Crippen LogP contribution in [0.1, 0.15) is 41.9 Å². The molecule has 3 rings (SSSR count). The summed E-state index contributed by atoms with van der Waals surface area (Å²) < 4.78 is 7.39. The van der Waals surface area contributed by atoms with Crippen molar-refractivity contribution in [3.8, 4) is 5.75 Å². The highest BCUT2D eigenvalue weighted by molar-refractivity contribution is 6.03. The van der Waals surface area contributed by atoms with Crippen molar-refractivity contribution in [2.75, 3.05) is 25.0 Å². The van der Waals surface area contributed by atoms with Crippen LogP contribution in [0.2, 0.25) is 0 Å². The first-order chi connectivity index (χ1) is 11.7. The molecule has 136 valence electrons. The number of aromatic nitrogens is 3. The monoisotopic (exact) mass is 365 g/mol. The predicted octanol–water partition coefficient (Wildman–Crippen LogP) is 2.58. The van der Waals surface area contributed by atoms with Gasteiger partial charge in [0.2, 0.25) is 0 Å². The summed E-state index contributed by atoms with van der Waals surface area (Å²) in [4.78, 5) is 12.5. The van der Waals surface area contributed by atoms with Crippen LogP contribution in [0.25, 0.3) is 0 Å². The van der Waals surface area contributed by atoms with Crippen molar-refractivity contribution in [1.82, 2.24) is 20.3 Å². The number of nitrogens with one attached hydrogen (secondary N) is 2. The van der Waals surface area contributed by atoms with Gasteiger partial charge in [-0.2, -0.15) is 0 Å². The highest BCUT2D eigenvalue weighted by atomic mass is 35.5. The number of halogens is 1. The normalized spacial score (nSPS) is 14.6. The third kappa shape index (κ3) is 4.70. The highest BCUT2D eigenvalue weighted by Gasteiger charge is 2.19. The van der Waals surface area contributed by atoms with Crippen molar-refractivity contribution in [2.45, 2.75) is 32.7 Å². The van der Waals surface area contributed by atoms with Gasteiger partial charge >= 0.3 is 0 Å². The van der Waals surface area contributed by atoms with E-state index in [9.17, 15) is 4.79 Å². The van der Waals surface area contributed by atoms with Crippen LogP contribution in [0.3, 0.4) is 0 Å². The molecule has 0 saturated carbocycles. The lowest BCUT2D eigenvalue weighted by Gasteiger charge is -2.22. The van der Waals surface area contributed by atoms with Crippen LogP contribution in [0.5, 0.6) is 5.75 Å². The maximum absolute atomic E-state index is 12.5. The van der Waals surface area contributed by atoms with Gasteiger partial charge in [0.05, 0.1) is 24.5 Å². The summed E-state index contributed by atoms with van der Waals surface area (Å²) in [5.74, 6) is 0.386. The van der Waals surface area contributed by atoms with Gasteiger partial charge in [-0.3, -0.25) is 4.79 Å². The molecular weight excluding hydrogens is 342 g/mol. The van der Waals surface area contributed by atoms with Crippen molar-refractivity contribution in [3.05, 3.63) is 35.7 Å². The second-order valence-corrected chi connectivity index (χ2v) is 5.95. The Balaban J connectivity index is 0.00000225. The average molecular weight is 366 g/mol. The lowest BCUT2D eigenvalue weighted by molar-refractivity contribution is 0.102. The number of carbonyl (C=O) groups is 1. The van der Waals surface area contributed by atoms with Crippen LogP contribution in [0.15, 0.2) is 24.4 Å². The second kappa shape index (κ2) is 8.82. The van der Waals surface area contributed by atoms with E-state index in [-0.39, 0.29) is 18.3 Å². The maximum atomic E-state index is 12.5. The molecular formula is C17H24ClN5O2. The van der Waals surface area contributed by atoms with Crippen LogP contribution < -0.4 is 15.4 Å². The topological polar surface area (TPSA) is 81.1 Å². The Morgan fingerprint density at radius 3 is 2.88 bits per heavy atom. The summed E-state index contributed by atoms with van der Waals surface area (Å²) in [5, 5.41) is 14.3. The van der Waals surface area contributed by atoms with Gasteiger partial charge in [-0.05, 0) is 57.5 Å². The minimum Gasteiger partial charge on any atom is -0.492 e. The molecule has 0 spiro atoms. The number of piperidine rings is 1. The number of aryl methyl sites for hydroxylation is 1. The standard InChI is InChI=1S/C17H23N5O2.ClH/c1-3-24-16-10-12(2)4-5-14(16)19-17(23)15-11-22(21-20-15)13-6-8-18-9-7-13;/h4-5,10-11,13,18H,3,6-9H2,1-2H3,(H,19,23);1H. The highest BCUT2D eigenvalue weighted by Crippen LogP contribution is 2.26. The third-order valence-corrected chi connectivity index (χ3v) is 4.11. The molecule has 1 aromatic carbocycles. The molecule has 0 aliphatic carbocycles. The van der Waals surface area contributed by atoms with Crippen LogP contribution in [0.4, 0.5) is 5.69 Å². The van der Waals surface area contributed by atoms with Crippen molar-refractivity contribution < 1.29 is 9.53 Å². The maximum Gasteiger partial charge on any atom is 0.277 e. The summed E-state index contributed by atoms with van der Waals surface area (Å²) in [5.41, 5.74) is 2.04. The number of rotatable bonds is 5. The zero-order valence-corrected chi connectivity index (χ0v) is 15.3. The lowest BCUT2D eigenvalue weighted by atomic mass is 10.1. The summed E-state index contributed by atoms with van der Waals surface area (Å²) in [6.45, 7) is 6.37. The van der Waals surface area contributed by atoms with Crippen molar-refractivity contribution in [1.29, 1.82) is 0 Å². The minimum atomic E-state index is -0.278. The van der Waals surface area contributed by atoms with Crippen LogP contribution >= 0.6 is 12.4 Å². The molecule has 1 aliphatic heterocycles. The van der Waals surface area contributed by atoms with E-state index in [4.69, 9.17) is 4.74 Å². The Labute approximate surface area is 153 Å². The first kappa shape index (κ1) is 19.2. The molecule has 1 aliphatic rings. The molecule has 1 aromatic heterocycles. The van der Waals surface area contributed by atoms with E-state index >= 15 is 0 Å². The molecule has 0 bridgehead atoms. The number of hydrogen-bond acceptors (Lipinski definition) is 5. The second-order valence-electron chi connectivity index (χ2n) is 5.95. The van der Waals surface area contributed by atoms with Crippen molar-refractivity contribution in [3.63, 3.8) is 0 Å². The van der Waals surface area contributed by atoms with Gasteiger partial charge in [-0.1, -0.05) is 11.3 Å². The number of benzene rings is 1. The fraction of sp³-hybridized carbons (Fsp3) is 0.471. The van der Waals surface area contributed by atoms with Crippen LogP contribution in [-0.2, 0) is 0 Å². The number of ether oxygens (including phenoxy) is 1. The summed E-state index contributed by atoms with van der Waals surface area (Å²) in [6.07, 6.45) is 3.72. The number of anilines is 1. The van der Waals surface area contributed by atoms with Crippen LogP contribution in [0, 0.1) is 6.92 Å². The minimum absolute atomic E-state index is 0. The Hall–Kier alpha value is -2.12. The predicted molar refractivity (Wildman–Crippen MR) is 98.7 cm³/mol. The molecule has 2 aromatic rings. The molecule has 0 radical (unpaired) electrons. The quantitative estimate of drug-likeness (QED) is 0.851. The fourth-order valence-electron chi connectivity index (χ4n) is 2.82. The Morgan fingerprint density at radius 1 is 1.40 bits per heavy atom. The van der Waals surface area contributed by atoms with E-state index in [2.05, 4.69) is 20.9 Å². The molecule has 0 atom stereocenters. The zero-order chi connectivity index (χ0) is 16.9. The third-order valence-electron chi connectivity index (χ3n) is 4.11. The zero-order valence-electron chi connectivity index (χ0n) is 14.5. The van der Waals surface area contributed by atoms with Gasteiger partial charge in [0.25, 0.3) is 5.91 Å². The van der Waals surface area contributed by atoms with E-state index in [1.54, 1.807) is 10.9 Å². The summed E-state index contributed by atoms with van der Waals surface area (Å²) >= 11 is 0. The van der Waals surface area contributed by atoms with Crippen molar-refractivity contribution >= 4 is 24.0 Å². The van der Waals surface area contributed by atoms with Gasteiger partial charge in [0.1, 0.15) is 5.75 Å². The average Bonchev–Trinajstić information content (AvgIpc) is 3.08. The first-order valence-electron chi connectivity index (χ1n) is 8.34. The molecule has 1 fully saturated rings. The number of nitrogens with zero attached hydrogens (tertiary/aromatic N) is 3. The Morgan fingerprint density at radius 2 is 2.16 bits per heavy atom. The van der Waals surface area contributed by atoms with Gasteiger partial charge in [0, 0.05) is 0 Å². The van der Waals surface area contributed by atoms with Gasteiger partial charge in [-0.15, -0.1) is 17.5 Å². The fourth-order valence-corrected chi connectivity index (χ4v) is 2.82. The molecule has 2 N–H and O–H groups in total. The van der Waals surface area contributed by atoms with E-state index in [0.717, 1.165) is 31.5 Å². The van der Waals surface area contributed by atoms with E-state index < -0.39 is 0 Å². The number of amides is 1. The number of carbonyl (C=O) groups excluding carboxylic acids is 1. The molecule has 25 heavy (non-hydrogen) atoms. The molecule has 7 nitrogen and oxygen atoms in total. The van der Waals surface area contributed by atoms with Crippen molar-refractivity contribution in [2.24, 2.45) is 0 Å². The first-order valence-corrected chi connectivity index (χ1v) is 8.34. The van der Waals surface area contributed by atoms with Crippen LogP contribution in [-0.4, -0.2) is 40.6 Å². The van der Waals surface area contributed by atoms with Gasteiger partial charge in [-0.25, -0.2) is 4.68 Å². The molecule has 2 heterocycles. The molecule has 0 unspecified atom stereocenters. The van der Waals surface area contributed by atoms with Gasteiger partial charge < -0.3 is 15.4 Å². The van der Waals surface area contributed by atoms with E-state index in [1.165, 1.54) is 0 Å². The van der Waals surface area contributed by atoms with E-state index in [0.29, 0.717) is 29.8 Å². The van der Waals surface area contributed by atoms with Gasteiger partial charge in [0.15, 0.2) is 5.69 Å². The summed E-state index contributed by atoms with van der Waals surface area (Å²) in [7, 11) is 0. The Kier molecular flexibility index (Phi) is 6.78. The Bertz CT molecular complexity index is 713. The van der Waals surface area contributed by atoms with E-state index in [1.807, 2.05) is 32.0 Å². The largest absolute Gasteiger partial charge is 0.492 e. The smallest absolute Gasteiger partial charge is 0.277 e. The molecule has 1 saturated heterocycles. The molecule has 8 heteroatoms. The molecule has 1 amide bonds. The summed E-state index contributed by atoms with van der Waals surface area (Å²) in [6, 6.07) is 5.99. The lowest BCUT2D eigenvalue weighted by Crippen LogP contribution is -2.29. The number of hydrogen-bond donors (Lipinski definition) is 2. The SMILES string of the molecule is CCOc1cc(C)ccc1NC(=O)c1cn(C2CCNCC2)nn1.Cl.